The summed E-state index contributed by atoms with van der Waals surface area (Å²) in [6.07, 6.45) is 0.544. The van der Waals surface area contributed by atoms with Crippen molar-refractivity contribution in [2.24, 2.45) is 10.8 Å². The average Bonchev–Trinajstić information content (AvgIpc) is 2.41. The molecule has 0 saturated heterocycles. The summed E-state index contributed by atoms with van der Waals surface area (Å²) in [5.74, 6) is -1.10. The SMILES string of the molecule is Cc1cc(C(N)=O)ccc1NC(=O)C1=NNC(=O)CC1. The van der Waals surface area contributed by atoms with Crippen molar-refractivity contribution in [1.82, 2.24) is 5.43 Å². The lowest BCUT2D eigenvalue weighted by Crippen LogP contribution is -2.32. The maximum atomic E-state index is 12.0. The average molecular weight is 274 g/mol. The molecule has 4 N–H and O–H groups in total. The van der Waals surface area contributed by atoms with E-state index in [1.54, 1.807) is 19.1 Å². The van der Waals surface area contributed by atoms with Crippen molar-refractivity contribution < 1.29 is 14.4 Å². The van der Waals surface area contributed by atoms with Crippen molar-refractivity contribution in [3.63, 3.8) is 0 Å². The van der Waals surface area contributed by atoms with Gasteiger partial charge in [0.15, 0.2) is 0 Å². The van der Waals surface area contributed by atoms with Gasteiger partial charge in [-0.3, -0.25) is 14.4 Å². The third-order valence-corrected chi connectivity index (χ3v) is 2.93. The fourth-order valence-corrected chi connectivity index (χ4v) is 1.79. The van der Waals surface area contributed by atoms with E-state index in [1.165, 1.54) is 6.07 Å². The minimum atomic E-state index is -0.523. The van der Waals surface area contributed by atoms with E-state index >= 15 is 0 Å². The Morgan fingerprint density at radius 3 is 2.65 bits per heavy atom. The second-order valence-electron chi connectivity index (χ2n) is 4.44. The minimum Gasteiger partial charge on any atom is -0.366 e. The molecule has 104 valence electrons. The number of carbonyl (C=O) groups is 3. The molecule has 0 spiro atoms. The van der Waals surface area contributed by atoms with Gasteiger partial charge in [0, 0.05) is 24.1 Å². The summed E-state index contributed by atoms with van der Waals surface area (Å²) < 4.78 is 0. The molecule has 0 radical (unpaired) electrons. The number of hydrogen-bond acceptors (Lipinski definition) is 4. The molecule has 3 amide bonds. The zero-order chi connectivity index (χ0) is 14.7. The summed E-state index contributed by atoms with van der Waals surface area (Å²) in [6, 6.07) is 4.74. The Bertz CT molecular complexity index is 622. The highest BCUT2D eigenvalue weighted by atomic mass is 16.2. The molecule has 1 aromatic carbocycles. The Hall–Kier alpha value is -2.70. The number of nitrogens with zero attached hydrogens (tertiary/aromatic N) is 1. The molecule has 1 heterocycles. The van der Waals surface area contributed by atoms with Crippen LogP contribution in [-0.4, -0.2) is 23.4 Å². The van der Waals surface area contributed by atoms with E-state index in [1.807, 2.05) is 0 Å². The first-order chi connectivity index (χ1) is 9.47. The van der Waals surface area contributed by atoms with Gasteiger partial charge in [0.1, 0.15) is 5.71 Å². The topological polar surface area (TPSA) is 114 Å². The van der Waals surface area contributed by atoms with Gasteiger partial charge in [-0.2, -0.15) is 5.10 Å². The largest absolute Gasteiger partial charge is 0.366 e. The van der Waals surface area contributed by atoms with Crippen LogP contribution in [0.25, 0.3) is 0 Å². The van der Waals surface area contributed by atoms with Crippen molar-refractivity contribution in [3.05, 3.63) is 29.3 Å². The van der Waals surface area contributed by atoms with Gasteiger partial charge in [0.25, 0.3) is 5.91 Å². The van der Waals surface area contributed by atoms with Crippen molar-refractivity contribution in [3.8, 4) is 0 Å². The number of nitrogens with two attached hydrogens (primary N) is 1. The van der Waals surface area contributed by atoms with Crippen molar-refractivity contribution in [2.75, 3.05) is 5.32 Å². The van der Waals surface area contributed by atoms with E-state index in [2.05, 4.69) is 15.8 Å². The van der Waals surface area contributed by atoms with Gasteiger partial charge in [-0.25, -0.2) is 5.43 Å². The molecule has 0 fully saturated rings. The van der Waals surface area contributed by atoms with Crippen LogP contribution in [0.2, 0.25) is 0 Å². The number of aryl methyl sites for hydroxylation is 1. The predicted octanol–water partition coefficient (Wildman–Crippen LogP) is 0.298. The number of nitrogens with one attached hydrogen (secondary N) is 2. The van der Waals surface area contributed by atoms with Crippen molar-refractivity contribution >= 4 is 29.1 Å². The molecule has 7 heteroatoms. The quantitative estimate of drug-likeness (QED) is 0.736. The Kier molecular flexibility index (Phi) is 3.79. The van der Waals surface area contributed by atoms with Crippen LogP contribution in [0, 0.1) is 6.92 Å². The summed E-state index contributed by atoms with van der Waals surface area (Å²) in [5, 5.41) is 6.40. The monoisotopic (exact) mass is 274 g/mol. The third-order valence-electron chi connectivity index (χ3n) is 2.93. The number of hydrazone groups is 1. The van der Waals surface area contributed by atoms with E-state index in [-0.39, 0.29) is 23.9 Å². The Morgan fingerprint density at radius 2 is 2.10 bits per heavy atom. The second-order valence-corrected chi connectivity index (χ2v) is 4.44. The fourth-order valence-electron chi connectivity index (χ4n) is 1.79. The summed E-state index contributed by atoms with van der Waals surface area (Å²) in [5.41, 5.74) is 9.37. The number of carbonyl (C=O) groups excluding carboxylic acids is 3. The first-order valence-electron chi connectivity index (χ1n) is 6.04. The second kappa shape index (κ2) is 5.52. The zero-order valence-electron chi connectivity index (χ0n) is 10.9. The molecule has 1 aliphatic heterocycles. The van der Waals surface area contributed by atoms with E-state index in [9.17, 15) is 14.4 Å². The molecule has 0 bridgehead atoms. The lowest BCUT2D eigenvalue weighted by molar-refractivity contribution is -0.121. The van der Waals surface area contributed by atoms with E-state index in [0.29, 0.717) is 17.7 Å². The number of benzene rings is 1. The third kappa shape index (κ3) is 3.00. The number of hydrogen-bond donors (Lipinski definition) is 3. The van der Waals surface area contributed by atoms with Gasteiger partial charge in [-0.1, -0.05) is 0 Å². The van der Waals surface area contributed by atoms with Crippen molar-refractivity contribution in [1.29, 1.82) is 0 Å². The van der Waals surface area contributed by atoms with Crippen molar-refractivity contribution in [2.45, 2.75) is 19.8 Å². The van der Waals surface area contributed by atoms with E-state index < -0.39 is 5.91 Å². The minimum absolute atomic E-state index is 0.205. The van der Waals surface area contributed by atoms with E-state index in [0.717, 1.165) is 5.56 Å². The Morgan fingerprint density at radius 1 is 1.35 bits per heavy atom. The predicted molar refractivity (Wildman–Crippen MR) is 73.1 cm³/mol. The highest BCUT2D eigenvalue weighted by molar-refractivity contribution is 6.43. The number of primary amides is 1. The zero-order valence-corrected chi connectivity index (χ0v) is 10.9. The summed E-state index contributed by atoms with van der Waals surface area (Å²) in [6.45, 7) is 1.76. The standard InChI is InChI=1S/C13H14N4O3/c1-7-6-8(12(14)19)2-3-9(7)15-13(20)10-4-5-11(18)17-16-10/h2-3,6H,4-5H2,1H3,(H2,14,19)(H,15,20)(H,17,18). The highest BCUT2D eigenvalue weighted by Gasteiger charge is 2.18. The van der Waals surface area contributed by atoms with Crippen LogP contribution < -0.4 is 16.5 Å². The summed E-state index contributed by atoms with van der Waals surface area (Å²) in [7, 11) is 0. The molecule has 0 unspecified atom stereocenters. The number of amides is 3. The molecular weight excluding hydrogens is 260 g/mol. The van der Waals surface area contributed by atoms with Gasteiger partial charge in [0.2, 0.25) is 11.8 Å². The summed E-state index contributed by atoms with van der Waals surface area (Å²) >= 11 is 0. The molecular formula is C13H14N4O3. The van der Waals surface area contributed by atoms with Crippen LogP contribution >= 0.6 is 0 Å². The maximum absolute atomic E-state index is 12.0. The van der Waals surface area contributed by atoms with Crippen LogP contribution in [0.5, 0.6) is 0 Å². The lowest BCUT2D eigenvalue weighted by Gasteiger charge is -2.13. The number of rotatable bonds is 3. The summed E-state index contributed by atoms with van der Waals surface area (Å²) in [4.78, 5) is 34.0. The molecule has 0 aromatic heterocycles. The first kappa shape index (κ1) is 13.7. The molecule has 1 aliphatic rings. The number of anilines is 1. The van der Waals surface area contributed by atoms with Gasteiger partial charge >= 0.3 is 0 Å². The lowest BCUT2D eigenvalue weighted by atomic mass is 10.1. The molecule has 0 aliphatic carbocycles. The molecule has 20 heavy (non-hydrogen) atoms. The van der Waals surface area contributed by atoms with Gasteiger partial charge < -0.3 is 11.1 Å². The Labute approximate surface area is 115 Å². The normalized spacial score (nSPS) is 14.2. The molecule has 0 saturated carbocycles. The van der Waals surface area contributed by atoms with Gasteiger partial charge in [-0.15, -0.1) is 0 Å². The van der Waals surface area contributed by atoms with E-state index in [4.69, 9.17) is 5.73 Å². The molecule has 0 atom stereocenters. The first-order valence-corrected chi connectivity index (χ1v) is 6.04. The fraction of sp³-hybridized carbons (Fsp3) is 0.231. The Balaban J connectivity index is 2.12. The molecule has 7 nitrogen and oxygen atoms in total. The van der Waals surface area contributed by atoms with Crippen LogP contribution in [0.15, 0.2) is 23.3 Å². The van der Waals surface area contributed by atoms with Gasteiger partial charge in [-0.05, 0) is 30.7 Å². The smallest absolute Gasteiger partial charge is 0.271 e. The maximum Gasteiger partial charge on any atom is 0.271 e. The molecule has 1 aromatic rings. The molecule has 2 rings (SSSR count). The van der Waals surface area contributed by atoms with Gasteiger partial charge in [0.05, 0.1) is 0 Å². The van der Waals surface area contributed by atoms with Crippen LogP contribution in [-0.2, 0) is 9.59 Å². The highest BCUT2D eigenvalue weighted by Crippen LogP contribution is 2.17. The van der Waals surface area contributed by atoms with Crippen LogP contribution in [0.4, 0.5) is 5.69 Å². The van der Waals surface area contributed by atoms with Crippen LogP contribution in [0.3, 0.4) is 0 Å². The van der Waals surface area contributed by atoms with Crippen LogP contribution in [0.1, 0.15) is 28.8 Å².